The number of carbonyl (C=O) groups is 3. The fraction of sp³-hybridized carbons (Fsp3) is 0.516. The van der Waals surface area contributed by atoms with Crippen molar-refractivity contribution in [1.82, 2.24) is 9.80 Å². The van der Waals surface area contributed by atoms with Crippen LogP contribution >= 0.6 is 0 Å². The molecule has 9 nitrogen and oxygen atoms in total. The van der Waals surface area contributed by atoms with Crippen LogP contribution in [0.5, 0.6) is 17.2 Å². The van der Waals surface area contributed by atoms with E-state index in [1.54, 1.807) is 7.11 Å². The number of hydrogen-bond donors (Lipinski definition) is 1. The summed E-state index contributed by atoms with van der Waals surface area (Å²) in [6.07, 6.45) is 3.79. The van der Waals surface area contributed by atoms with Gasteiger partial charge in [-0.05, 0) is 67.0 Å². The summed E-state index contributed by atoms with van der Waals surface area (Å²) < 4.78 is 17.2. The average Bonchev–Trinajstić information content (AvgIpc) is 3.69. The molecule has 2 aromatic carbocycles. The third-order valence-electron chi connectivity index (χ3n) is 8.47. The highest BCUT2D eigenvalue weighted by Crippen LogP contribution is 2.36. The predicted octanol–water partition coefficient (Wildman–Crippen LogP) is 4.22. The fourth-order valence-corrected chi connectivity index (χ4v) is 6.12. The number of ether oxygens (including phenoxy) is 3. The number of nitrogens with zero attached hydrogens (tertiary/aromatic N) is 2. The molecule has 5 rings (SSSR count). The number of carbonyl (C=O) groups excluding carboxylic acids is 2. The molecule has 2 heterocycles. The first-order valence-electron chi connectivity index (χ1n) is 14.2. The van der Waals surface area contributed by atoms with E-state index in [0.717, 1.165) is 37.1 Å². The van der Waals surface area contributed by atoms with Crippen molar-refractivity contribution in [3.8, 4) is 17.2 Å². The van der Waals surface area contributed by atoms with Crippen LogP contribution in [0.25, 0.3) is 0 Å². The molecule has 1 saturated heterocycles. The Morgan fingerprint density at radius 2 is 1.90 bits per heavy atom. The van der Waals surface area contributed by atoms with Gasteiger partial charge in [0.1, 0.15) is 12.4 Å². The molecule has 0 aromatic heterocycles. The number of benzene rings is 2. The van der Waals surface area contributed by atoms with Crippen molar-refractivity contribution in [1.29, 1.82) is 0 Å². The minimum Gasteiger partial charge on any atom is -0.493 e. The summed E-state index contributed by atoms with van der Waals surface area (Å²) in [5.41, 5.74) is 3.50. The molecule has 0 radical (unpaired) electrons. The number of carboxylic acid groups (broad SMARTS) is 1. The van der Waals surface area contributed by atoms with Gasteiger partial charge < -0.3 is 19.3 Å². The predicted molar refractivity (Wildman–Crippen MR) is 147 cm³/mol. The van der Waals surface area contributed by atoms with Gasteiger partial charge in [-0.25, -0.2) is 0 Å². The van der Waals surface area contributed by atoms with Gasteiger partial charge in [0.05, 0.1) is 26.2 Å². The summed E-state index contributed by atoms with van der Waals surface area (Å²) in [5, 5.41) is 9.52. The summed E-state index contributed by atoms with van der Waals surface area (Å²) >= 11 is 0. The molecule has 2 aromatic rings. The molecule has 2 fully saturated rings. The fourth-order valence-electron chi connectivity index (χ4n) is 6.12. The zero-order valence-corrected chi connectivity index (χ0v) is 23.3. The van der Waals surface area contributed by atoms with E-state index < -0.39 is 5.97 Å². The zero-order valence-electron chi connectivity index (χ0n) is 23.3. The molecule has 214 valence electrons. The van der Waals surface area contributed by atoms with E-state index in [9.17, 15) is 19.5 Å². The lowest BCUT2D eigenvalue weighted by atomic mass is 9.99. The Hall–Kier alpha value is -3.59. The smallest absolute Gasteiger partial charge is 0.306 e. The second kappa shape index (κ2) is 12.3. The number of methoxy groups -OCH3 is 1. The lowest BCUT2D eigenvalue weighted by Crippen LogP contribution is -2.33. The molecule has 0 bridgehead atoms. The maximum atomic E-state index is 11.9. The second-order valence-corrected chi connectivity index (χ2v) is 11.1. The molecule has 1 N–H and O–H groups in total. The highest BCUT2D eigenvalue weighted by atomic mass is 16.5. The number of hydrogen-bond acceptors (Lipinski definition) is 7. The van der Waals surface area contributed by atoms with Crippen LogP contribution in [0.1, 0.15) is 61.8 Å². The highest BCUT2D eigenvalue weighted by molar-refractivity contribution is 6.01. The highest BCUT2D eigenvalue weighted by Gasteiger charge is 2.32. The lowest BCUT2D eigenvalue weighted by molar-refractivity contribution is -0.142. The number of imide groups is 1. The van der Waals surface area contributed by atoms with Gasteiger partial charge in [0.2, 0.25) is 11.8 Å². The molecule has 0 unspecified atom stereocenters. The van der Waals surface area contributed by atoms with Gasteiger partial charge in [0.25, 0.3) is 0 Å². The van der Waals surface area contributed by atoms with Crippen molar-refractivity contribution in [2.24, 2.45) is 11.8 Å². The van der Waals surface area contributed by atoms with Crippen LogP contribution < -0.4 is 14.2 Å². The van der Waals surface area contributed by atoms with Crippen molar-refractivity contribution in [2.45, 2.75) is 58.0 Å². The van der Waals surface area contributed by atoms with E-state index in [2.05, 4.69) is 30.0 Å². The molecule has 40 heavy (non-hydrogen) atoms. The van der Waals surface area contributed by atoms with Gasteiger partial charge in [0, 0.05) is 38.4 Å². The van der Waals surface area contributed by atoms with E-state index in [1.165, 1.54) is 16.0 Å². The third-order valence-corrected chi connectivity index (χ3v) is 8.47. The van der Waals surface area contributed by atoms with Crippen LogP contribution in [0.15, 0.2) is 36.4 Å². The number of likely N-dealkylation sites (tertiary alicyclic amines) is 1. The molecule has 3 atom stereocenters. The van der Waals surface area contributed by atoms with Gasteiger partial charge in [-0.15, -0.1) is 0 Å². The van der Waals surface area contributed by atoms with Crippen LogP contribution in [0.3, 0.4) is 0 Å². The molecule has 2 aliphatic heterocycles. The van der Waals surface area contributed by atoms with Gasteiger partial charge in [-0.3, -0.25) is 24.2 Å². The van der Waals surface area contributed by atoms with Crippen molar-refractivity contribution in [3.05, 3.63) is 53.1 Å². The maximum Gasteiger partial charge on any atom is 0.306 e. The topological polar surface area (TPSA) is 106 Å². The molecule has 0 spiro atoms. The Labute approximate surface area is 235 Å². The van der Waals surface area contributed by atoms with E-state index in [1.807, 2.05) is 18.2 Å². The quantitative estimate of drug-likeness (QED) is 0.392. The SMILES string of the molecule is COc1cc(CN(C[C@H]2CC[C@@H](C(=O)O)C2)[C@H](C)c2ccc3c(c2)CCO3)ccc1OCCN1C(=O)CCC1=O. The van der Waals surface area contributed by atoms with Crippen LogP contribution in [0.4, 0.5) is 0 Å². The molecule has 2 amide bonds. The van der Waals surface area contributed by atoms with Gasteiger partial charge in [0.15, 0.2) is 11.5 Å². The molecule has 9 heteroatoms. The molecular weight excluding hydrogens is 512 g/mol. The number of fused-ring (bicyclic) bond motifs is 1. The monoisotopic (exact) mass is 550 g/mol. The normalized spacial score (nSPS) is 21.0. The van der Waals surface area contributed by atoms with Crippen LogP contribution in [0.2, 0.25) is 0 Å². The van der Waals surface area contributed by atoms with Crippen molar-refractivity contribution in [2.75, 3.05) is 33.4 Å². The first-order valence-corrected chi connectivity index (χ1v) is 14.2. The average molecular weight is 551 g/mol. The molecule has 1 aliphatic carbocycles. The minimum absolute atomic E-state index is 0.118. The van der Waals surface area contributed by atoms with E-state index in [-0.39, 0.29) is 49.8 Å². The number of carboxylic acids is 1. The molecular formula is C31H38N2O7. The van der Waals surface area contributed by atoms with Crippen LogP contribution in [-0.4, -0.2) is 66.1 Å². The summed E-state index contributed by atoms with van der Waals surface area (Å²) in [6.45, 7) is 4.81. The standard InChI is InChI=1S/C31H38N2O7/c1-20(23-6-8-26-24(17-23)11-13-39-26)32(18-21-3-5-25(15-21)31(36)37)19-22-4-7-27(28(16-22)38-2)40-14-12-33-29(34)9-10-30(33)35/h4,6-8,16-17,20-21,25H,3,5,9-15,18-19H2,1-2H3,(H,36,37)/t20-,21+,25-/m1/s1. The Morgan fingerprint density at radius 1 is 1.10 bits per heavy atom. The van der Waals surface area contributed by atoms with Gasteiger partial charge >= 0.3 is 5.97 Å². The van der Waals surface area contributed by atoms with E-state index >= 15 is 0 Å². The van der Waals surface area contributed by atoms with Crippen LogP contribution in [-0.2, 0) is 27.3 Å². The lowest BCUT2D eigenvalue weighted by Gasteiger charge is -2.32. The number of rotatable bonds is 12. The van der Waals surface area contributed by atoms with Gasteiger partial charge in [-0.2, -0.15) is 0 Å². The van der Waals surface area contributed by atoms with Crippen molar-refractivity contribution in [3.63, 3.8) is 0 Å². The number of amides is 2. The summed E-state index contributed by atoms with van der Waals surface area (Å²) in [5.74, 6) is 1.16. The zero-order chi connectivity index (χ0) is 28.2. The maximum absolute atomic E-state index is 11.9. The van der Waals surface area contributed by atoms with Crippen LogP contribution in [0, 0.1) is 11.8 Å². The van der Waals surface area contributed by atoms with Crippen molar-refractivity contribution >= 4 is 17.8 Å². The largest absolute Gasteiger partial charge is 0.493 e. The summed E-state index contributed by atoms with van der Waals surface area (Å²) in [7, 11) is 1.59. The second-order valence-electron chi connectivity index (χ2n) is 11.1. The number of aliphatic carboxylic acids is 1. The van der Waals surface area contributed by atoms with E-state index in [0.29, 0.717) is 37.0 Å². The van der Waals surface area contributed by atoms with Crippen molar-refractivity contribution < 1.29 is 33.7 Å². The first-order chi connectivity index (χ1) is 19.3. The third kappa shape index (κ3) is 6.25. The summed E-state index contributed by atoms with van der Waals surface area (Å²) in [4.78, 5) is 39.0. The van der Waals surface area contributed by atoms with E-state index in [4.69, 9.17) is 14.2 Å². The Balaban J connectivity index is 1.30. The Bertz CT molecular complexity index is 1250. The molecule has 1 saturated carbocycles. The summed E-state index contributed by atoms with van der Waals surface area (Å²) in [6, 6.07) is 12.4. The Kier molecular flexibility index (Phi) is 8.59. The molecule has 3 aliphatic rings. The minimum atomic E-state index is -0.695. The van der Waals surface area contributed by atoms with Gasteiger partial charge in [-0.1, -0.05) is 18.2 Å². The first kappa shape index (κ1) is 28.0. The Morgan fingerprint density at radius 3 is 2.62 bits per heavy atom.